The van der Waals surface area contributed by atoms with E-state index in [-0.39, 0.29) is 0 Å². The molecule has 1 N–H and O–H groups in total. The Morgan fingerprint density at radius 3 is 2.53 bits per heavy atom. The molecule has 8 heteroatoms. The zero-order valence-corrected chi connectivity index (χ0v) is 20.9. The van der Waals surface area contributed by atoms with Crippen molar-refractivity contribution < 1.29 is 4.74 Å². The summed E-state index contributed by atoms with van der Waals surface area (Å²) in [4.78, 5) is 19.0. The highest BCUT2D eigenvalue weighted by molar-refractivity contribution is 7.21. The van der Waals surface area contributed by atoms with E-state index in [0.29, 0.717) is 0 Å². The second-order valence-corrected chi connectivity index (χ2v) is 9.98. The molecule has 1 saturated heterocycles. The third kappa shape index (κ3) is 4.75. The van der Waals surface area contributed by atoms with Gasteiger partial charge in [-0.05, 0) is 51.2 Å². The molecule has 0 saturated carbocycles. The number of aryl methyl sites for hydroxylation is 2. The van der Waals surface area contributed by atoms with Crippen molar-refractivity contribution >= 4 is 38.9 Å². The Hall–Kier alpha value is -3.07. The number of aromatic nitrogens is 3. The summed E-state index contributed by atoms with van der Waals surface area (Å²) in [6.45, 7) is 8.32. The number of nitrogens with one attached hydrogen (secondary N) is 1. The van der Waals surface area contributed by atoms with E-state index in [2.05, 4.69) is 72.3 Å². The Morgan fingerprint density at radius 1 is 1.03 bits per heavy atom. The molecule has 0 spiro atoms. The average molecular weight is 475 g/mol. The van der Waals surface area contributed by atoms with E-state index >= 15 is 0 Å². The van der Waals surface area contributed by atoms with Crippen LogP contribution in [0.4, 0.5) is 17.3 Å². The third-order valence-corrected chi connectivity index (χ3v) is 7.02. The molecule has 0 radical (unpaired) electrons. The number of anilines is 3. The highest BCUT2D eigenvalue weighted by Gasteiger charge is 2.17. The van der Waals surface area contributed by atoms with Gasteiger partial charge in [0.1, 0.15) is 16.6 Å². The second kappa shape index (κ2) is 9.66. The maximum absolute atomic E-state index is 5.52. The Bertz CT molecular complexity index is 1290. The van der Waals surface area contributed by atoms with Crippen LogP contribution >= 0.6 is 11.3 Å². The summed E-state index contributed by atoms with van der Waals surface area (Å²) in [6, 6.07) is 12.5. The number of thiazole rings is 1. The molecule has 1 aliphatic rings. The number of hydrogen-bond donors (Lipinski definition) is 1. The number of rotatable bonds is 6. The van der Waals surface area contributed by atoms with Gasteiger partial charge in [0.25, 0.3) is 0 Å². The number of nitrogens with zero attached hydrogens (tertiary/aromatic N) is 5. The van der Waals surface area contributed by atoms with Crippen molar-refractivity contribution in [2.45, 2.75) is 20.4 Å². The van der Waals surface area contributed by atoms with E-state index in [1.165, 1.54) is 22.4 Å². The topological polar surface area (TPSA) is 66.4 Å². The summed E-state index contributed by atoms with van der Waals surface area (Å²) in [5.74, 6) is 1.53. The Morgan fingerprint density at radius 2 is 1.79 bits per heavy atom. The van der Waals surface area contributed by atoms with Gasteiger partial charge in [-0.1, -0.05) is 18.2 Å². The predicted octanol–water partition coefficient (Wildman–Crippen LogP) is 5.01. The number of fused-ring (bicyclic) bond motifs is 1. The van der Waals surface area contributed by atoms with Gasteiger partial charge in [-0.25, -0.2) is 15.0 Å². The molecule has 5 rings (SSSR count). The van der Waals surface area contributed by atoms with Gasteiger partial charge in [0.2, 0.25) is 0 Å². The van der Waals surface area contributed by atoms with Crippen molar-refractivity contribution in [3.05, 3.63) is 59.4 Å². The van der Waals surface area contributed by atoms with E-state index in [1.54, 1.807) is 11.3 Å². The molecule has 1 aliphatic heterocycles. The Balaban J connectivity index is 1.43. The summed E-state index contributed by atoms with van der Waals surface area (Å²) < 4.78 is 6.60. The van der Waals surface area contributed by atoms with Gasteiger partial charge >= 0.3 is 0 Å². The van der Waals surface area contributed by atoms with Gasteiger partial charge in [-0.2, -0.15) is 0 Å². The fraction of sp³-hybridized carbons (Fsp3) is 0.346. The van der Waals surface area contributed by atoms with Crippen LogP contribution in [0.2, 0.25) is 0 Å². The fourth-order valence-electron chi connectivity index (χ4n) is 4.36. The van der Waals surface area contributed by atoms with Gasteiger partial charge in [-0.15, -0.1) is 11.3 Å². The molecule has 0 unspecified atom stereocenters. The molecule has 34 heavy (non-hydrogen) atoms. The first-order valence-electron chi connectivity index (χ1n) is 11.6. The van der Waals surface area contributed by atoms with Gasteiger partial charge in [0, 0.05) is 37.5 Å². The molecular weight excluding hydrogens is 444 g/mol. The molecule has 4 aromatic rings. The van der Waals surface area contributed by atoms with Crippen LogP contribution in [0.3, 0.4) is 0 Å². The second-order valence-electron chi connectivity index (χ2n) is 8.95. The number of pyridine rings is 2. The standard InChI is InChI=1S/C26H30N6OS/c1-17-6-5-7-18(2)25(17)26-29-19-14-24(27-15-22(19)34-26)30-23-9-8-21(20(28-23)16-31(3)4)32-10-12-33-13-11-32/h5-9,14-15H,10-13,16H2,1-4H3,(H,27,28,30). The van der Waals surface area contributed by atoms with Crippen molar-refractivity contribution in [1.29, 1.82) is 0 Å². The van der Waals surface area contributed by atoms with Crippen LogP contribution in [-0.4, -0.2) is 60.3 Å². The summed E-state index contributed by atoms with van der Waals surface area (Å²) >= 11 is 1.68. The molecule has 0 amide bonds. The minimum absolute atomic E-state index is 0.744. The van der Waals surface area contributed by atoms with E-state index in [9.17, 15) is 0 Å². The average Bonchev–Trinajstić information content (AvgIpc) is 3.22. The minimum atomic E-state index is 0.744. The lowest BCUT2D eigenvalue weighted by atomic mass is 10.0. The van der Waals surface area contributed by atoms with E-state index in [1.807, 2.05) is 18.3 Å². The zero-order valence-electron chi connectivity index (χ0n) is 20.1. The van der Waals surface area contributed by atoms with Crippen molar-refractivity contribution in [1.82, 2.24) is 19.9 Å². The van der Waals surface area contributed by atoms with Gasteiger partial charge in [0.15, 0.2) is 0 Å². The molecule has 176 valence electrons. The van der Waals surface area contributed by atoms with Gasteiger partial charge < -0.3 is 19.9 Å². The molecule has 0 aliphatic carbocycles. The van der Waals surface area contributed by atoms with Crippen molar-refractivity contribution in [2.75, 3.05) is 50.6 Å². The van der Waals surface area contributed by atoms with E-state index in [0.717, 1.165) is 65.4 Å². The van der Waals surface area contributed by atoms with E-state index in [4.69, 9.17) is 14.7 Å². The van der Waals surface area contributed by atoms with Crippen LogP contribution in [0.25, 0.3) is 20.8 Å². The summed E-state index contributed by atoms with van der Waals surface area (Å²) in [6.07, 6.45) is 1.90. The maximum atomic E-state index is 5.52. The van der Waals surface area contributed by atoms with Crippen LogP contribution in [0, 0.1) is 13.8 Å². The largest absolute Gasteiger partial charge is 0.378 e. The molecule has 3 aromatic heterocycles. The monoisotopic (exact) mass is 474 g/mol. The van der Waals surface area contributed by atoms with Crippen molar-refractivity contribution in [3.8, 4) is 10.6 Å². The number of ether oxygens (including phenoxy) is 1. The van der Waals surface area contributed by atoms with E-state index < -0.39 is 0 Å². The Kier molecular flexibility index (Phi) is 6.45. The lowest BCUT2D eigenvalue weighted by molar-refractivity contribution is 0.122. The third-order valence-electron chi connectivity index (χ3n) is 5.99. The summed E-state index contributed by atoms with van der Waals surface area (Å²) in [5, 5.41) is 4.43. The lowest BCUT2D eigenvalue weighted by Crippen LogP contribution is -2.37. The zero-order chi connectivity index (χ0) is 23.7. The highest BCUT2D eigenvalue weighted by atomic mass is 32.1. The minimum Gasteiger partial charge on any atom is -0.378 e. The molecule has 4 heterocycles. The molecule has 1 fully saturated rings. The van der Waals surface area contributed by atoms with Gasteiger partial charge in [-0.3, -0.25) is 0 Å². The Labute approximate surface area is 204 Å². The fourth-order valence-corrected chi connectivity index (χ4v) is 5.46. The van der Waals surface area contributed by atoms with Crippen molar-refractivity contribution in [2.24, 2.45) is 0 Å². The molecule has 0 atom stereocenters. The highest BCUT2D eigenvalue weighted by Crippen LogP contribution is 2.34. The smallest absolute Gasteiger partial charge is 0.133 e. The van der Waals surface area contributed by atoms with Crippen LogP contribution in [0.1, 0.15) is 16.8 Å². The van der Waals surface area contributed by atoms with Crippen LogP contribution < -0.4 is 10.2 Å². The maximum Gasteiger partial charge on any atom is 0.133 e. The first kappa shape index (κ1) is 22.7. The van der Waals surface area contributed by atoms with Crippen LogP contribution in [-0.2, 0) is 11.3 Å². The molecule has 7 nitrogen and oxygen atoms in total. The first-order chi connectivity index (χ1) is 16.5. The molecule has 0 bridgehead atoms. The number of benzene rings is 1. The number of morpholine rings is 1. The number of hydrogen-bond acceptors (Lipinski definition) is 8. The molecule has 1 aromatic carbocycles. The summed E-state index contributed by atoms with van der Waals surface area (Å²) in [7, 11) is 4.13. The van der Waals surface area contributed by atoms with Gasteiger partial charge in [0.05, 0.1) is 34.8 Å². The predicted molar refractivity (Wildman–Crippen MR) is 140 cm³/mol. The first-order valence-corrected chi connectivity index (χ1v) is 12.4. The van der Waals surface area contributed by atoms with Crippen LogP contribution in [0.5, 0.6) is 0 Å². The quantitative estimate of drug-likeness (QED) is 0.421. The molecular formula is C26H30N6OS. The van der Waals surface area contributed by atoms with Crippen LogP contribution in [0.15, 0.2) is 42.6 Å². The SMILES string of the molecule is Cc1cccc(C)c1-c1nc2cc(Nc3ccc(N4CCOCC4)c(CN(C)C)n3)ncc2s1. The lowest BCUT2D eigenvalue weighted by Gasteiger charge is -2.31. The summed E-state index contributed by atoms with van der Waals surface area (Å²) in [5.41, 5.74) is 6.85. The van der Waals surface area contributed by atoms with Crippen molar-refractivity contribution in [3.63, 3.8) is 0 Å². The normalized spacial score (nSPS) is 14.2.